The molecule has 1 aromatic carbocycles. The zero-order valence-corrected chi connectivity index (χ0v) is 13.5. The molecule has 0 saturated heterocycles. The summed E-state index contributed by atoms with van der Waals surface area (Å²) in [6.45, 7) is 0. The monoisotopic (exact) mass is 325 g/mol. The SMILES string of the molecule is NC(c1cc2c(s1)CCCCC2)c1ccc(Cl)cc1Cl. The van der Waals surface area contributed by atoms with E-state index in [1.807, 2.05) is 23.5 Å². The molecule has 0 bridgehead atoms. The molecule has 0 saturated carbocycles. The van der Waals surface area contributed by atoms with E-state index in [9.17, 15) is 0 Å². The number of rotatable bonds is 2. The smallest absolute Gasteiger partial charge is 0.0660 e. The van der Waals surface area contributed by atoms with Gasteiger partial charge in [-0.15, -0.1) is 11.3 Å². The Balaban J connectivity index is 1.92. The van der Waals surface area contributed by atoms with Crippen LogP contribution in [0.3, 0.4) is 0 Å². The van der Waals surface area contributed by atoms with Crippen molar-refractivity contribution < 1.29 is 0 Å². The van der Waals surface area contributed by atoms with Crippen LogP contribution in [0.15, 0.2) is 24.3 Å². The molecule has 2 aromatic rings. The largest absolute Gasteiger partial charge is 0.320 e. The molecule has 0 radical (unpaired) electrons. The van der Waals surface area contributed by atoms with Gasteiger partial charge in [-0.1, -0.05) is 35.7 Å². The third kappa shape index (κ3) is 2.89. The van der Waals surface area contributed by atoms with Crippen LogP contribution in [-0.2, 0) is 12.8 Å². The third-order valence-electron chi connectivity index (χ3n) is 3.87. The number of hydrogen-bond acceptors (Lipinski definition) is 2. The minimum atomic E-state index is -0.156. The second-order valence-corrected chi connectivity index (χ2v) is 7.31. The van der Waals surface area contributed by atoms with Crippen molar-refractivity contribution in [2.45, 2.75) is 38.1 Å². The molecule has 1 aliphatic rings. The van der Waals surface area contributed by atoms with E-state index in [1.54, 1.807) is 6.07 Å². The zero-order valence-electron chi connectivity index (χ0n) is 11.2. The highest BCUT2D eigenvalue weighted by atomic mass is 35.5. The first-order chi connectivity index (χ1) is 9.65. The first kappa shape index (κ1) is 14.4. The van der Waals surface area contributed by atoms with Crippen molar-refractivity contribution in [1.82, 2.24) is 0 Å². The summed E-state index contributed by atoms with van der Waals surface area (Å²) in [7, 11) is 0. The predicted molar refractivity (Wildman–Crippen MR) is 88.1 cm³/mol. The molecule has 0 spiro atoms. The lowest BCUT2D eigenvalue weighted by molar-refractivity contribution is 0.712. The summed E-state index contributed by atoms with van der Waals surface area (Å²) < 4.78 is 0. The van der Waals surface area contributed by atoms with Gasteiger partial charge in [-0.05, 0) is 55.0 Å². The normalized spacial score (nSPS) is 16.6. The fourth-order valence-corrected chi connectivity index (χ4v) is 4.55. The van der Waals surface area contributed by atoms with Gasteiger partial charge < -0.3 is 5.73 Å². The van der Waals surface area contributed by atoms with E-state index in [0.717, 1.165) is 5.56 Å². The molecule has 1 atom stereocenters. The van der Waals surface area contributed by atoms with Gasteiger partial charge in [0.05, 0.1) is 6.04 Å². The van der Waals surface area contributed by atoms with Gasteiger partial charge in [0.25, 0.3) is 0 Å². The van der Waals surface area contributed by atoms with Gasteiger partial charge in [-0.2, -0.15) is 0 Å². The lowest BCUT2D eigenvalue weighted by Crippen LogP contribution is -2.10. The number of nitrogens with two attached hydrogens (primary N) is 1. The summed E-state index contributed by atoms with van der Waals surface area (Å²) in [5.74, 6) is 0. The lowest BCUT2D eigenvalue weighted by Gasteiger charge is -2.12. The van der Waals surface area contributed by atoms with Gasteiger partial charge in [0.2, 0.25) is 0 Å². The molecular formula is C16H17Cl2NS. The summed E-state index contributed by atoms with van der Waals surface area (Å²) in [5, 5.41) is 1.29. The lowest BCUT2D eigenvalue weighted by atomic mass is 10.0. The Labute approximate surface area is 133 Å². The molecule has 3 rings (SSSR count). The average Bonchev–Trinajstić information content (AvgIpc) is 2.69. The molecule has 2 N–H and O–H groups in total. The maximum absolute atomic E-state index is 6.40. The number of fused-ring (bicyclic) bond motifs is 1. The fraction of sp³-hybridized carbons (Fsp3) is 0.375. The Hall–Kier alpha value is -0.540. The molecule has 0 fully saturated rings. The van der Waals surface area contributed by atoms with Gasteiger partial charge in [-0.25, -0.2) is 0 Å². The van der Waals surface area contributed by atoms with Crippen LogP contribution in [0.2, 0.25) is 10.0 Å². The van der Waals surface area contributed by atoms with Crippen LogP contribution in [-0.4, -0.2) is 0 Å². The third-order valence-corrected chi connectivity index (χ3v) is 5.75. The Kier molecular flexibility index (Phi) is 4.37. The minimum absolute atomic E-state index is 0.156. The Morgan fingerprint density at radius 3 is 2.65 bits per heavy atom. The van der Waals surface area contributed by atoms with E-state index in [1.165, 1.54) is 47.4 Å². The Morgan fingerprint density at radius 1 is 1.05 bits per heavy atom. The number of hydrogen-bond donors (Lipinski definition) is 1. The van der Waals surface area contributed by atoms with Crippen molar-refractivity contribution in [2.75, 3.05) is 0 Å². The van der Waals surface area contributed by atoms with Gasteiger partial charge >= 0.3 is 0 Å². The Bertz CT molecular complexity index is 597. The van der Waals surface area contributed by atoms with E-state index < -0.39 is 0 Å². The minimum Gasteiger partial charge on any atom is -0.320 e. The Morgan fingerprint density at radius 2 is 1.85 bits per heavy atom. The molecule has 1 nitrogen and oxygen atoms in total. The average molecular weight is 326 g/mol. The van der Waals surface area contributed by atoms with E-state index in [-0.39, 0.29) is 6.04 Å². The van der Waals surface area contributed by atoms with Crippen molar-refractivity contribution >= 4 is 34.5 Å². The van der Waals surface area contributed by atoms with E-state index in [4.69, 9.17) is 28.9 Å². The van der Waals surface area contributed by atoms with Gasteiger partial charge in [-0.3, -0.25) is 0 Å². The highest BCUT2D eigenvalue weighted by Crippen LogP contribution is 2.36. The molecular weight excluding hydrogens is 309 g/mol. The second-order valence-electron chi connectivity index (χ2n) is 5.30. The standard InChI is InChI=1S/C16H17Cl2NS/c17-11-6-7-12(13(18)9-11)16(19)15-8-10-4-2-1-3-5-14(10)20-15/h6-9,16H,1-5,19H2. The van der Waals surface area contributed by atoms with Crippen LogP contribution in [0.1, 0.15) is 46.2 Å². The molecule has 1 aromatic heterocycles. The zero-order chi connectivity index (χ0) is 14.1. The second kappa shape index (κ2) is 6.07. The highest BCUT2D eigenvalue weighted by molar-refractivity contribution is 7.12. The summed E-state index contributed by atoms with van der Waals surface area (Å²) >= 11 is 14.1. The van der Waals surface area contributed by atoms with Gasteiger partial charge in [0.1, 0.15) is 0 Å². The van der Waals surface area contributed by atoms with Crippen molar-refractivity contribution in [3.8, 4) is 0 Å². The highest BCUT2D eigenvalue weighted by Gasteiger charge is 2.19. The molecule has 1 heterocycles. The first-order valence-corrected chi connectivity index (χ1v) is 8.54. The molecule has 1 unspecified atom stereocenters. The maximum Gasteiger partial charge on any atom is 0.0660 e. The first-order valence-electron chi connectivity index (χ1n) is 6.97. The van der Waals surface area contributed by atoms with E-state index >= 15 is 0 Å². The summed E-state index contributed by atoms with van der Waals surface area (Å²) in [4.78, 5) is 2.72. The van der Waals surface area contributed by atoms with Crippen LogP contribution >= 0.6 is 34.5 Å². The van der Waals surface area contributed by atoms with Crippen LogP contribution in [0.4, 0.5) is 0 Å². The van der Waals surface area contributed by atoms with Gasteiger partial charge in [0.15, 0.2) is 0 Å². The summed E-state index contributed by atoms with van der Waals surface area (Å²) in [6, 6.07) is 7.66. The van der Waals surface area contributed by atoms with E-state index in [2.05, 4.69) is 6.07 Å². The number of halogens is 2. The van der Waals surface area contributed by atoms with Gasteiger partial charge in [0, 0.05) is 19.8 Å². The number of benzene rings is 1. The van der Waals surface area contributed by atoms with Crippen molar-refractivity contribution in [3.05, 3.63) is 55.2 Å². The topological polar surface area (TPSA) is 26.0 Å². The molecule has 0 amide bonds. The number of thiophene rings is 1. The quantitative estimate of drug-likeness (QED) is 0.738. The maximum atomic E-state index is 6.40. The molecule has 0 aliphatic heterocycles. The van der Waals surface area contributed by atoms with Crippen molar-refractivity contribution in [3.63, 3.8) is 0 Å². The van der Waals surface area contributed by atoms with Crippen LogP contribution < -0.4 is 5.73 Å². The number of aryl methyl sites for hydroxylation is 2. The molecule has 1 aliphatic carbocycles. The van der Waals surface area contributed by atoms with E-state index in [0.29, 0.717) is 10.0 Å². The van der Waals surface area contributed by atoms with Crippen LogP contribution in [0.5, 0.6) is 0 Å². The summed E-state index contributed by atoms with van der Waals surface area (Å²) in [6.07, 6.45) is 6.31. The molecule has 106 valence electrons. The van der Waals surface area contributed by atoms with Crippen molar-refractivity contribution in [1.29, 1.82) is 0 Å². The predicted octanol–water partition coefficient (Wildman–Crippen LogP) is 5.37. The van der Waals surface area contributed by atoms with Crippen molar-refractivity contribution in [2.24, 2.45) is 5.73 Å². The summed E-state index contributed by atoms with van der Waals surface area (Å²) in [5.41, 5.74) is 8.84. The fourth-order valence-electron chi connectivity index (χ4n) is 2.75. The molecule has 4 heteroatoms. The molecule has 20 heavy (non-hydrogen) atoms. The van der Waals surface area contributed by atoms with Crippen LogP contribution in [0, 0.1) is 0 Å². The van der Waals surface area contributed by atoms with Crippen LogP contribution in [0.25, 0.3) is 0 Å².